The molecule has 0 saturated heterocycles. The van der Waals surface area contributed by atoms with E-state index in [2.05, 4.69) is 6.92 Å². The maximum absolute atomic E-state index is 12.9. The topological polar surface area (TPSA) is 59.3 Å². The van der Waals surface area contributed by atoms with Crippen LogP contribution in [0.25, 0.3) is 10.2 Å². The fourth-order valence-electron chi connectivity index (χ4n) is 3.30. The monoisotopic (exact) mass is 383 g/mol. The lowest BCUT2D eigenvalue weighted by molar-refractivity contribution is 0.0962. The van der Waals surface area contributed by atoms with Crippen LogP contribution in [0.5, 0.6) is 5.75 Å². The van der Waals surface area contributed by atoms with Crippen molar-refractivity contribution in [1.82, 2.24) is 4.57 Å². The largest absolute Gasteiger partial charge is 0.508 e. The average Bonchev–Trinajstić information content (AvgIpc) is 3.01. The fourth-order valence-corrected chi connectivity index (χ4v) is 4.17. The van der Waals surface area contributed by atoms with E-state index in [0.29, 0.717) is 11.1 Å². The van der Waals surface area contributed by atoms with Crippen LogP contribution in [0.15, 0.2) is 47.3 Å². The Bertz CT molecular complexity index is 987. The van der Waals surface area contributed by atoms with Crippen molar-refractivity contribution in [3.8, 4) is 5.75 Å². The zero-order valence-corrected chi connectivity index (χ0v) is 16.4. The van der Waals surface area contributed by atoms with E-state index in [1.54, 1.807) is 24.3 Å². The van der Waals surface area contributed by atoms with Gasteiger partial charge < -0.3 is 5.11 Å². The van der Waals surface area contributed by atoms with Crippen molar-refractivity contribution in [3.63, 3.8) is 0 Å². The third-order valence-corrected chi connectivity index (χ3v) is 5.74. The summed E-state index contributed by atoms with van der Waals surface area (Å²) in [5.41, 5.74) is 1.83. The van der Waals surface area contributed by atoms with Crippen molar-refractivity contribution < 1.29 is 9.90 Å². The Morgan fingerprint density at radius 3 is 2.59 bits per heavy atom. The molecule has 0 fully saturated rings. The normalized spacial score (nSPS) is 11.1. The standard InChI is InChI=1S/C22H25NO3S/c1-2-3-4-5-6-7-10-16-15-17(13-14-19(16)24)21(25)23-18-11-8-9-12-20(18)27-22(23)26/h8-9,11-15,24H,2-7,10H2,1H3. The van der Waals surface area contributed by atoms with Crippen LogP contribution in [0.2, 0.25) is 0 Å². The van der Waals surface area contributed by atoms with Gasteiger partial charge in [0.15, 0.2) is 0 Å². The van der Waals surface area contributed by atoms with Gasteiger partial charge in [0.2, 0.25) is 0 Å². The summed E-state index contributed by atoms with van der Waals surface area (Å²) >= 11 is 1.07. The molecule has 3 rings (SSSR count). The van der Waals surface area contributed by atoms with Crippen LogP contribution < -0.4 is 4.87 Å². The van der Waals surface area contributed by atoms with E-state index in [4.69, 9.17) is 0 Å². The Morgan fingerprint density at radius 2 is 1.78 bits per heavy atom. The molecule has 2 aromatic carbocycles. The smallest absolute Gasteiger partial charge is 0.315 e. The molecule has 3 aromatic rings. The number of aryl methyl sites for hydroxylation is 1. The van der Waals surface area contributed by atoms with E-state index in [-0.39, 0.29) is 16.5 Å². The Hall–Kier alpha value is -2.40. The molecule has 0 aliphatic heterocycles. The van der Waals surface area contributed by atoms with Gasteiger partial charge >= 0.3 is 4.87 Å². The number of aromatic nitrogens is 1. The summed E-state index contributed by atoms with van der Waals surface area (Å²) < 4.78 is 2.02. The summed E-state index contributed by atoms with van der Waals surface area (Å²) in [6.45, 7) is 2.20. The average molecular weight is 384 g/mol. The highest BCUT2D eigenvalue weighted by atomic mass is 32.1. The summed E-state index contributed by atoms with van der Waals surface area (Å²) in [6.07, 6.45) is 7.76. The third-order valence-electron chi connectivity index (χ3n) is 4.82. The lowest BCUT2D eigenvalue weighted by Gasteiger charge is -2.08. The fraction of sp³-hybridized carbons (Fsp3) is 0.364. The van der Waals surface area contributed by atoms with Gasteiger partial charge in [-0.05, 0) is 48.7 Å². The van der Waals surface area contributed by atoms with E-state index < -0.39 is 0 Å². The van der Waals surface area contributed by atoms with E-state index in [9.17, 15) is 14.7 Å². The number of aromatic hydroxyl groups is 1. The second-order valence-corrected chi connectivity index (χ2v) is 7.83. The number of carbonyl (C=O) groups excluding carboxylic acids is 1. The second-order valence-electron chi connectivity index (χ2n) is 6.84. The minimum Gasteiger partial charge on any atom is -0.508 e. The third kappa shape index (κ3) is 4.48. The summed E-state index contributed by atoms with van der Waals surface area (Å²) in [6, 6.07) is 12.2. The molecule has 1 aromatic heterocycles. The molecule has 0 amide bonds. The predicted octanol–water partition coefficient (Wildman–Crippen LogP) is 5.36. The number of para-hydroxylation sites is 1. The number of benzene rings is 2. The van der Waals surface area contributed by atoms with Crippen molar-refractivity contribution in [1.29, 1.82) is 0 Å². The van der Waals surface area contributed by atoms with Gasteiger partial charge in [-0.2, -0.15) is 0 Å². The zero-order valence-electron chi connectivity index (χ0n) is 15.6. The van der Waals surface area contributed by atoms with Crippen LogP contribution in [-0.4, -0.2) is 15.6 Å². The number of rotatable bonds is 8. The maximum atomic E-state index is 12.9. The van der Waals surface area contributed by atoms with Crippen molar-refractivity contribution in [2.75, 3.05) is 0 Å². The first kappa shape index (κ1) is 19.4. The number of hydrogen-bond donors (Lipinski definition) is 1. The maximum Gasteiger partial charge on any atom is 0.315 e. The molecule has 0 unspecified atom stereocenters. The van der Waals surface area contributed by atoms with Gasteiger partial charge in [0, 0.05) is 5.56 Å². The first-order valence-electron chi connectivity index (χ1n) is 9.59. The molecule has 0 bridgehead atoms. The first-order chi connectivity index (χ1) is 13.1. The van der Waals surface area contributed by atoms with E-state index in [0.717, 1.165) is 40.9 Å². The summed E-state index contributed by atoms with van der Waals surface area (Å²) in [5, 5.41) is 10.1. The predicted molar refractivity (Wildman–Crippen MR) is 111 cm³/mol. The van der Waals surface area contributed by atoms with Crippen molar-refractivity contribution in [2.24, 2.45) is 0 Å². The highest BCUT2D eigenvalue weighted by Crippen LogP contribution is 2.23. The van der Waals surface area contributed by atoms with Crippen molar-refractivity contribution in [2.45, 2.75) is 51.9 Å². The molecule has 0 saturated carbocycles. The SMILES string of the molecule is CCCCCCCCc1cc(C(=O)n2c(=O)sc3ccccc32)ccc1O. The van der Waals surface area contributed by atoms with Crippen LogP contribution >= 0.6 is 11.3 Å². The minimum absolute atomic E-state index is 0.211. The number of phenols is 1. The van der Waals surface area contributed by atoms with Gasteiger partial charge in [-0.1, -0.05) is 62.5 Å². The van der Waals surface area contributed by atoms with Gasteiger partial charge in [-0.3, -0.25) is 9.59 Å². The van der Waals surface area contributed by atoms with E-state index >= 15 is 0 Å². The zero-order chi connectivity index (χ0) is 19.2. The van der Waals surface area contributed by atoms with Crippen LogP contribution in [0.4, 0.5) is 0 Å². The highest BCUT2D eigenvalue weighted by molar-refractivity contribution is 7.16. The second kappa shape index (κ2) is 9.00. The molecule has 4 nitrogen and oxygen atoms in total. The molecule has 5 heteroatoms. The summed E-state index contributed by atoms with van der Waals surface area (Å²) in [5.74, 6) is -0.135. The minimum atomic E-state index is -0.346. The summed E-state index contributed by atoms with van der Waals surface area (Å²) in [4.78, 5) is 25.0. The van der Waals surface area contributed by atoms with Crippen LogP contribution in [0.1, 0.15) is 61.4 Å². The highest BCUT2D eigenvalue weighted by Gasteiger charge is 2.17. The molecule has 27 heavy (non-hydrogen) atoms. The van der Waals surface area contributed by atoms with Crippen molar-refractivity contribution in [3.05, 3.63) is 63.3 Å². The molecule has 142 valence electrons. The Labute approximate surface area is 163 Å². The van der Waals surface area contributed by atoms with Crippen LogP contribution in [0, 0.1) is 0 Å². The van der Waals surface area contributed by atoms with Crippen LogP contribution in [-0.2, 0) is 6.42 Å². The lowest BCUT2D eigenvalue weighted by atomic mass is 10.0. The Morgan fingerprint density at radius 1 is 1.04 bits per heavy atom. The van der Waals surface area contributed by atoms with Gasteiger partial charge in [-0.15, -0.1) is 0 Å². The van der Waals surface area contributed by atoms with Gasteiger partial charge in [0.05, 0.1) is 10.2 Å². The van der Waals surface area contributed by atoms with Crippen molar-refractivity contribution >= 4 is 27.5 Å². The number of carbonyl (C=O) groups is 1. The Kier molecular flexibility index (Phi) is 6.45. The molecule has 0 aliphatic carbocycles. The van der Waals surface area contributed by atoms with Crippen LogP contribution in [0.3, 0.4) is 0 Å². The van der Waals surface area contributed by atoms with Gasteiger partial charge in [0.1, 0.15) is 5.75 Å². The molecular formula is C22H25NO3S. The molecule has 0 radical (unpaired) electrons. The Balaban J connectivity index is 1.77. The van der Waals surface area contributed by atoms with Gasteiger partial charge in [0.25, 0.3) is 5.91 Å². The lowest BCUT2D eigenvalue weighted by Crippen LogP contribution is -2.22. The number of fused-ring (bicyclic) bond motifs is 1. The molecule has 1 N–H and O–H groups in total. The molecular weight excluding hydrogens is 358 g/mol. The van der Waals surface area contributed by atoms with E-state index in [1.807, 2.05) is 18.2 Å². The molecule has 0 aliphatic rings. The van der Waals surface area contributed by atoms with Gasteiger partial charge in [-0.25, -0.2) is 4.57 Å². The number of nitrogens with zero attached hydrogens (tertiary/aromatic N) is 1. The van der Waals surface area contributed by atoms with E-state index in [1.165, 1.54) is 30.3 Å². The first-order valence-corrected chi connectivity index (χ1v) is 10.4. The molecule has 0 atom stereocenters. The molecule has 1 heterocycles. The number of phenolic OH excluding ortho intramolecular Hbond substituents is 1. The summed E-state index contributed by atoms with van der Waals surface area (Å²) in [7, 11) is 0. The number of hydrogen-bond acceptors (Lipinski definition) is 4. The quantitative estimate of drug-likeness (QED) is 0.533. The molecule has 0 spiro atoms. The number of unbranched alkanes of at least 4 members (excludes halogenated alkanes) is 5. The number of thiazole rings is 1.